The molecule has 0 N–H and O–H groups in total. The van der Waals surface area contributed by atoms with Gasteiger partial charge in [0.05, 0.1) is 13.0 Å². The van der Waals surface area contributed by atoms with Crippen molar-refractivity contribution in [3.63, 3.8) is 0 Å². The van der Waals surface area contributed by atoms with Crippen LogP contribution in [0.2, 0.25) is 0 Å². The molecule has 0 spiro atoms. The molecule has 1 rings (SSSR count). The van der Waals surface area contributed by atoms with Crippen molar-refractivity contribution < 1.29 is 9.53 Å². The third-order valence-corrected chi connectivity index (χ3v) is 3.40. The van der Waals surface area contributed by atoms with Gasteiger partial charge in [-0.15, -0.1) is 11.8 Å². The van der Waals surface area contributed by atoms with Gasteiger partial charge in [-0.1, -0.05) is 24.6 Å². The molecule has 0 fully saturated rings. The van der Waals surface area contributed by atoms with Crippen LogP contribution in [0.1, 0.15) is 12.5 Å². The zero-order valence-electron chi connectivity index (χ0n) is 9.32. The number of rotatable bonds is 4. The number of benzene rings is 1. The van der Waals surface area contributed by atoms with Crippen molar-refractivity contribution in [2.45, 2.75) is 18.7 Å². The van der Waals surface area contributed by atoms with Gasteiger partial charge in [0.15, 0.2) is 0 Å². The molecule has 0 aliphatic rings. The van der Waals surface area contributed by atoms with Crippen LogP contribution in [0.15, 0.2) is 29.2 Å². The molecule has 0 heterocycles. The Morgan fingerprint density at radius 2 is 2.00 bits per heavy atom. The van der Waals surface area contributed by atoms with Crippen molar-refractivity contribution in [3.05, 3.63) is 29.8 Å². The van der Waals surface area contributed by atoms with Gasteiger partial charge in [0.1, 0.15) is 0 Å². The van der Waals surface area contributed by atoms with Gasteiger partial charge in [-0.2, -0.15) is 0 Å². The summed E-state index contributed by atoms with van der Waals surface area (Å²) in [4.78, 5) is 12.3. The smallest absolute Gasteiger partial charge is 0.309 e. The summed E-state index contributed by atoms with van der Waals surface area (Å²) in [6, 6.07) is 8.30. The van der Waals surface area contributed by atoms with Crippen LogP contribution in [0.4, 0.5) is 0 Å². The molecule has 1 unspecified atom stereocenters. The normalized spacial score (nSPS) is 12.2. The second-order valence-corrected chi connectivity index (χ2v) is 4.64. The summed E-state index contributed by atoms with van der Waals surface area (Å²) in [7, 11) is 1.43. The van der Waals surface area contributed by atoms with Gasteiger partial charge in [0.25, 0.3) is 0 Å². The molecule has 1 aromatic carbocycles. The van der Waals surface area contributed by atoms with Crippen LogP contribution in [0.5, 0.6) is 0 Å². The monoisotopic (exact) mass is 224 g/mol. The predicted molar refractivity (Wildman–Crippen MR) is 63.1 cm³/mol. The molecule has 1 atom stereocenters. The highest BCUT2D eigenvalue weighted by atomic mass is 32.2. The number of hydrogen-bond acceptors (Lipinski definition) is 3. The third-order valence-electron chi connectivity index (χ3n) is 2.12. The highest BCUT2D eigenvalue weighted by Gasteiger charge is 2.12. The first kappa shape index (κ1) is 12.1. The zero-order valence-corrected chi connectivity index (χ0v) is 10.1. The molecule has 82 valence electrons. The van der Waals surface area contributed by atoms with Crippen molar-refractivity contribution in [2.24, 2.45) is 5.92 Å². The Labute approximate surface area is 95.0 Å². The minimum Gasteiger partial charge on any atom is -0.469 e. The van der Waals surface area contributed by atoms with Crippen molar-refractivity contribution in [1.82, 2.24) is 0 Å². The van der Waals surface area contributed by atoms with E-state index in [1.165, 1.54) is 17.6 Å². The standard InChI is InChI=1S/C12H16O2S/c1-9-4-6-11(7-5-9)15-8-10(2)12(13)14-3/h4-7,10H,8H2,1-3H3. The van der Waals surface area contributed by atoms with Crippen LogP contribution in [0.25, 0.3) is 0 Å². The first-order valence-electron chi connectivity index (χ1n) is 4.90. The lowest BCUT2D eigenvalue weighted by Gasteiger charge is -2.08. The number of ether oxygens (including phenoxy) is 1. The van der Waals surface area contributed by atoms with Gasteiger partial charge in [0, 0.05) is 10.6 Å². The van der Waals surface area contributed by atoms with Crippen LogP contribution in [0.3, 0.4) is 0 Å². The maximum atomic E-state index is 11.2. The highest BCUT2D eigenvalue weighted by molar-refractivity contribution is 7.99. The first-order chi connectivity index (χ1) is 7.13. The van der Waals surface area contributed by atoms with Gasteiger partial charge < -0.3 is 4.74 Å². The summed E-state index contributed by atoms with van der Waals surface area (Å²) in [5.41, 5.74) is 1.25. The highest BCUT2D eigenvalue weighted by Crippen LogP contribution is 2.21. The molecular weight excluding hydrogens is 208 g/mol. The molecule has 0 radical (unpaired) electrons. The summed E-state index contributed by atoms with van der Waals surface area (Å²) in [5, 5.41) is 0. The molecule has 0 bridgehead atoms. The molecule has 0 aliphatic carbocycles. The number of carbonyl (C=O) groups is 1. The topological polar surface area (TPSA) is 26.3 Å². The van der Waals surface area contributed by atoms with Crippen LogP contribution >= 0.6 is 11.8 Å². The molecule has 0 aliphatic heterocycles. The third kappa shape index (κ3) is 3.96. The van der Waals surface area contributed by atoms with E-state index in [9.17, 15) is 4.79 Å². The van der Waals surface area contributed by atoms with E-state index in [-0.39, 0.29) is 11.9 Å². The number of thioether (sulfide) groups is 1. The fourth-order valence-electron chi connectivity index (χ4n) is 1.12. The second-order valence-electron chi connectivity index (χ2n) is 3.55. The van der Waals surface area contributed by atoms with E-state index in [0.717, 1.165) is 5.75 Å². The van der Waals surface area contributed by atoms with Gasteiger partial charge >= 0.3 is 5.97 Å². The van der Waals surface area contributed by atoms with Crippen LogP contribution in [0, 0.1) is 12.8 Å². The summed E-state index contributed by atoms with van der Waals surface area (Å²) in [6.45, 7) is 3.94. The van der Waals surface area contributed by atoms with Gasteiger partial charge in [0.2, 0.25) is 0 Å². The fraction of sp³-hybridized carbons (Fsp3) is 0.417. The largest absolute Gasteiger partial charge is 0.469 e. The minimum absolute atomic E-state index is 0.0543. The summed E-state index contributed by atoms with van der Waals surface area (Å²) in [6.07, 6.45) is 0. The second kappa shape index (κ2) is 5.81. The number of carbonyl (C=O) groups excluding carboxylic acids is 1. The summed E-state index contributed by atoms with van der Waals surface area (Å²) >= 11 is 1.68. The molecule has 1 aromatic rings. The van der Waals surface area contributed by atoms with E-state index in [0.29, 0.717) is 0 Å². The van der Waals surface area contributed by atoms with Gasteiger partial charge in [-0.05, 0) is 19.1 Å². The minimum atomic E-state index is -0.144. The average molecular weight is 224 g/mol. The predicted octanol–water partition coefficient (Wildman–Crippen LogP) is 2.90. The number of aryl methyl sites for hydroxylation is 1. The number of methoxy groups -OCH3 is 1. The molecule has 0 amide bonds. The number of hydrogen-bond donors (Lipinski definition) is 0. The molecule has 0 aromatic heterocycles. The van der Waals surface area contributed by atoms with Crippen molar-refractivity contribution in [2.75, 3.05) is 12.9 Å². The lowest BCUT2D eigenvalue weighted by atomic mass is 10.2. The lowest BCUT2D eigenvalue weighted by molar-refractivity contribution is -0.143. The number of esters is 1. The zero-order chi connectivity index (χ0) is 11.3. The molecule has 3 heteroatoms. The maximum absolute atomic E-state index is 11.2. The molecule has 0 saturated carbocycles. The van der Waals surface area contributed by atoms with Crippen molar-refractivity contribution >= 4 is 17.7 Å². The van der Waals surface area contributed by atoms with E-state index in [1.54, 1.807) is 11.8 Å². The molecule has 0 saturated heterocycles. The van der Waals surface area contributed by atoms with E-state index in [2.05, 4.69) is 35.9 Å². The van der Waals surface area contributed by atoms with E-state index < -0.39 is 0 Å². The Morgan fingerprint density at radius 1 is 1.40 bits per heavy atom. The Morgan fingerprint density at radius 3 is 2.53 bits per heavy atom. The average Bonchev–Trinajstić information content (AvgIpc) is 2.26. The Bertz CT molecular complexity index is 319. The van der Waals surface area contributed by atoms with E-state index in [1.807, 2.05) is 6.92 Å². The Hall–Kier alpha value is -0.960. The first-order valence-corrected chi connectivity index (χ1v) is 5.89. The van der Waals surface area contributed by atoms with Gasteiger partial charge in [-0.3, -0.25) is 4.79 Å². The van der Waals surface area contributed by atoms with Gasteiger partial charge in [-0.25, -0.2) is 0 Å². The summed E-state index contributed by atoms with van der Waals surface area (Å²) < 4.78 is 4.67. The molecule has 15 heavy (non-hydrogen) atoms. The SMILES string of the molecule is COC(=O)C(C)CSc1ccc(C)cc1. The Kier molecular flexibility index (Phi) is 4.69. The van der Waals surface area contributed by atoms with Crippen LogP contribution in [-0.2, 0) is 9.53 Å². The lowest BCUT2D eigenvalue weighted by Crippen LogP contribution is -2.14. The Balaban J connectivity index is 2.43. The van der Waals surface area contributed by atoms with Crippen LogP contribution < -0.4 is 0 Å². The molecule has 2 nitrogen and oxygen atoms in total. The van der Waals surface area contributed by atoms with Crippen LogP contribution in [-0.4, -0.2) is 18.8 Å². The van der Waals surface area contributed by atoms with E-state index in [4.69, 9.17) is 0 Å². The fourth-order valence-corrected chi connectivity index (χ4v) is 2.03. The summed E-state index contributed by atoms with van der Waals surface area (Å²) in [5.74, 6) is 0.561. The molecular formula is C12H16O2S. The maximum Gasteiger partial charge on any atom is 0.309 e. The quantitative estimate of drug-likeness (QED) is 0.581. The van der Waals surface area contributed by atoms with Crippen molar-refractivity contribution in [1.29, 1.82) is 0 Å². The van der Waals surface area contributed by atoms with E-state index >= 15 is 0 Å². The van der Waals surface area contributed by atoms with Crippen molar-refractivity contribution in [3.8, 4) is 0 Å².